The maximum Gasteiger partial charge on any atom is 0.160 e. The Morgan fingerprint density at radius 3 is 2.50 bits per heavy atom. The van der Waals surface area contributed by atoms with Crippen LogP contribution in [0.2, 0.25) is 0 Å². The Hall–Kier alpha value is -1.26. The molecular weight excluding hydrogens is 302 g/mol. The van der Waals surface area contributed by atoms with E-state index < -0.39 is 0 Å². The first-order chi connectivity index (χ1) is 11.8. The van der Waals surface area contributed by atoms with Crippen LogP contribution in [0.4, 0.5) is 0 Å². The van der Waals surface area contributed by atoms with Crippen LogP contribution in [-0.4, -0.2) is 44.5 Å². The lowest BCUT2D eigenvalue weighted by molar-refractivity contribution is -0.0587. The lowest BCUT2D eigenvalue weighted by atomic mass is 9.94. The van der Waals surface area contributed by atoms with E-state index in [0.29, 0.717) is 6.23 Å². The van der Waals surface area contributed by atoms with Gasteiger partial charge < -0.3 is 14.2 Å². The van der Waals surface area contributed by atoms with Gasteiger partial charge >= 0.3 is 0 Å². The predicted octanol–water partition coefficient (Wildman–Crippen LogP) is 4.02. The fraction of sp³-hybridized carbons (Fsp3) is 0.700. The molecule has 1 aliphatic carbocycles. The second kappa shape index (κ2) is 8.72. The van der Waals surface area contributed by atoms with E-state index in [1.54, 1.807) is 14.2 Å². The smallest absolute Gasteiger partial charge is 0.160 e. The first-order valence-electron chi connectivity index (χ1n) is 9.40. The lowest BCUT2D eigenvalue weighted by Crippen LogP contribution is -2.41. The van der Waals surface area contributed by atoms with E-state index in [9.17, 15) is 0 Å². The van der Waals surface area contributed by atoms with Crippen molar-refractivity contribution >= 4 is 0 Å². The quantitative estimate of drug-likeness (QED) is 0.754. The molecule has 1 saturated carbocycles. The SMILES string of the molecule is COc1ccc(CCO[C@H]2CCCN2C2CCCCC2)cc1OC. The Balaban J connectivity index is 1.50. The molecule has 0 aromatic heterocycles. The molecule has 24 heavy (non-hydrogen) atoms. The normalized spacial score (nSPS) is 22.7. The fourth-order valence-electron chi connectivity index (χ4n) is 4.12. The van der Waals surface area contributed by atoms with Gasteiger partial charge in [0, 0.05) is 12.6 Å². The van der Waals surface area contributed by atoms with Crippen molar-refractivity contribution in [3.8, 4) is 11.5 Å². The Kier molecular flexibility index (Phi) is 6.38. The van der Waals surface area contributed by atoms with Crippen molar-refractivity contribution < 1.29 is 14.2 Å². The first kappa shape index (κ1) is 17.6. The van der Waals surface area contributed by atoms with Crippen molar-refractivity contribution in [2.75, 3.05) is 27.4 Å². The Morgan fingerprint density at radius 2 is 1.75 bits per heavy atom. The summed E-state index contributed by atoms with van der Waals surface area (Å²) >= 11 is 0. The van der Waals surface area contributed by atoms with E-state index in [0.717, 1.165) is 30.6 Å². The number of hydrogen-bond donors (Lipinski definition) is 0. The van der Waals surface area contributed by atoms with Crippen LogP contribution in [0.3, 0.4) is 0 Å². The molecule has 0 amide bonds. The van der Waals surface area contributed by atoms with Crippen molar-refractivity contribution in [1.82, 2.24) is 4.90 Å². The van der Waals surface area contributed by atoms with Crippen LogP contribution in [0, 0.1) is 0 Å². The zero-order chi connectivity index (χ0) is 16.8. The number of hydrogen-bond acceptors (Lipinski definition) is 4. The van der Waals surface area contributed by atoms with Crippen molar-refractivity contribution in [3.05, 3.63) is 23.8 Å². The predicted molar refractivity (Wildman–Crippen MR) is 95.8 cm³/mol. The summed E-state index contributed by atoms with van der Waals surface area (Å²) in [7, 11) is 3.35. The largest absolute Gasteiger partial charge is 0.493 e. The summed E-state index contributed by atoms with van der Waals surface area (Å²) in [5, 5.41) is 0. The van der Waals surface area contributed by atoms with Gasteiger partial charge in [0.15, 0.2) is 11.5 Å². The van der Waals surface area contributed by atoms with Gasteiger partial charge in [0.2, 0.25) is 0 Å². The van der Waals surface area contributed by atoms with Gasteiger partial charge in [0.25, 0.3) is 0 Å². The Labute approximate surface area is 146 Å². The van der Waals surface area contributed by atoms with Crippen LogP contribution in [0.5, 0.6) is 11.5 Å². The Morgan fingerprint density at radius 1 is 0.958 bits per heavy atom. The molecular formula is C20H31NO3. The number of benzene rings is 1. The zero-order valence-electron chi connectivity index (χ0n) is 15.1. The Bertz CT molecular complexity index is 514. The zero-order valence-corrected chi connectivity index (χ0v) is 15.1. The summed E-state index contributed by atoms with van der Waals surface area (Å²) in [6.07, 6.45) is 10.6. The highest BCUT2D eigenvalue weighted by atomic mass is 16.5. The molecule has 0 radical (unpaired) electrons. The van der Waals surface area contributed by atoms with Crippen molar-refractivity contribution in [3.63, 3.8) is 0 Å². The summed E-state index contributed by atoms with van der Waals surface area (Å²) in [6, 6.07) is 6.87. The first-order valence-corrected chi connectivity index (χ1v) is 9.40. The average molecular weight is 333 g/mol. The molecule has 1 heterocycles. The molecule has 3 rings (SSSR count). The van der Waals surface area contributed by atoms with Crippen molar-refractivity contribution in [2.24, 2.45) is 0 Å². The monoisotopic (exact) mass is 333 g/mol. The van der Waals surface area contributed by atoms with E-state index in [1.807, 2.05) is 6.07 Å². The molecule has 0 spiro atoms. The molecule has 4 nitrogen and oxygen atoms in total. The third-order valence-corrected chi connectivity index (χ3v) is 5.43. The summed E-state index contributed by atoms with van der Waals surface area (Å²) in [4.78, 5) is 2.63. The topological polar surface area (TPSA) is 30.9 Å². The number of rotatable bonds is 7. The van der Waals surface area contributed by atoms with Crippen LogP contribution in [0.1, 0.15) is 50.5 Å². The standard InChI is InChI=1S/C20H31NO3/c1-22-18-11-10-16(15-19(18)23-2)12-14-24-20-9-6-13-21(20)17-7-4-3-5-8-17/h10-11,15,17,20H,3-9,12-14H2,1-2H3/t20-/m0/s1. The second-order valence-electron chi connectivity index (χ2n) is 6.94. The highest BCUT2D eigenvalue weighted by Gasteiger charge is 2.31. The van der Waals surface area contributed by atoms with Gasteiger partial charge in [0.1, 0.15) is 6.23 Å². The maximum atomic E-state index is 6.26. The van der Waals surface area contributed by atoms with E-state index >= 15 is 0 Å². The summed E-state index contributed by atoms with van der Waals surface area (Å²) in [6.45, 7) is 1.98. The minimum absolute atomic E-state index is 0.327. The minimum atomic E-state index is 0.327. The van der Waals surface area contributed by atoms with Gasteiger partial charge in [-0.3, -0.25) is 4.90 Å². The third kappa shape index (κ3) is 4.22. The highest BCUT2D eigenvalue weighted by molar-refractivity contribution is 5.42. The molecule has 0 N–H and O–H groups in total. The molecule has 1 aliphatic heterocycles. The second-order valence-corrected chi connectivity index (χ2v) is 6.94. The van der Waals surface area contributed by atoms with Crippen molar-refractivity contribution in [1.29, 1.82) is 0 Å². The van der Waals surface area contributed by atoms with Gasteiger partial charge in [-0.2, -0.15) is 0 Å². The van der Waals surface area contributed by atoms with Crippen LogP contribution in [-0.2, 0) is 11.2 Å². The fourth-order valence-corrected chi connectivity index (χ4v) is 4.12. The average Bonchev–Trinajstić information content (AvgIpc) is 3.11. The molecule has 134 valence electrons. The summed E-state index contributed by atoms with van der Waals surface area (Å²) in [5.74, 6) is 1.57. The van der Waals surface area contributed by atoms with Gasteiger partial charge in [-0.05, 0) is 49.8 Å². The van der Waals surface area contributed by atoms with E-state index in [1.165, 1.54) is 57.1 Å². The maximum absolute atomic E-state index is 6.26. The molecule has 1 aromatic rings. The highest BCUT2D eigenvalue weighted by Crippen LogP contribution is 2.30. The van der Waals surface area contributed by atoms with Crippen LogP contribution in [0.25, 0.3) is 0 Å². The van der Waals surface area contributed by atoms with E-state index in [-0.39, 0.29) is 0 Å². The van der Waals surface area contributed by atoms with Crippen LogP contribution < -0.4 is 9.47 Å². The van der Waals surface area contributed by atoms with E-state index in [2.05, 4.69) is 17.0 Å². The van der Waals surface area contributed by atoms with Gasteiger partial charge in [-0.25, -0.2) is 0 Å². The minimum Gasteiger partial charge on any atom is -0.493 e. The molecule has 1 saturated heterocycles. The molecule has 1 aromatic carbocycles. The van der Waals surface area contributed by atoms with Crippen molar-refractivity contribution in [2.45, 2.75) is 63.6 Å². The molecule has 2 aliphatic rings. The lowest BCUT2D eigenvalue weighted by Gasteiger charge is -2.35. The number of ether oxygens (including phenoxy) is 3. The molecule has 2 fully saturated rings. The van der Waals surface area contributed by atoms with Gasteiger partial charge in [0.05, 0.1) is 20.8 Å². The molecule has 1 atom stereocenters. The van der Waals surface area contributed by atoms with Crippen LogP contribution in [0.15, 0.2) is 18.2 Å². The molecule has 0 bridgehead atoms. The van der Waals surface area contributed by atoms with Crippen LogP contribution >= 0.6 is 0 Å². The number of nitrogens with zero attached hydrogens (tertiary/aromatic N) is 1. The molecule has 4 heteroatoms. The molecule has 0 unspecified atom stereocenters. The summed E-state index contributed by atoms with van der Waals surface area (Å²) in [5.41, 5.74) is 1.23. The van der Waals surface area contributed by atoms with Gasteiger partial charge in [-0.15, -0.1) is 0 Å². The number of likely N-dealkylation sites (tertiary alicyclic amines) is 1. The summed E-state index contributed by atoms with van der Waals surface area (Å²) < 4.78 is 16.9. The number of methoxy groups -OCH3 is 2. The van der Waals surface area contributed by atoms with E-state index in [4.69, 9.17) is 14.2 Å². The van der Waals surface area contributed by atoms with Gasteiger partial charge in [-0.1, -0.05) is 25.3 Å². The third-order valence-electron chi connectivity index (χ3n) is 5.43.